The lowest BCUT2D eigenvalue weighted by atomic mass is 9.95. The average Bonchev–Trinajstić information content (AvgIpc) is 2.89. The van der Waals surface area contributed by atoms with E-state index in [0.717, 1.165) is 12.1 Å². The molecule has 1 N–H and O–H groups in total. The lowest BCUT2D eigenvalue weighted by Crippen LogP contribution is -2.21. The lowest BCUT2D eigenvalue weighted by molar-refractivity contribution is 0.604. The molecular formula is C17H21ClFNS. The molecular weight excluding hydrogens is 305 g/mol. The van der Waals surface area contributed by atoms with E-state index in [2.05, 4.69) is 45.1 Å². The van der Waals surface area contributed by atoms with Gasteiger partial charge in [-0.1, -0.05) is 45.4 Å². The first-order valence-corrected chi connectivity index (χ1v) is 8.31. The predicted octanol–water partition coefficient (Wildman–Crippen LogP) is 5.54. The fourth-order valence-electron chi connectivity index (χ4n) is 2.19. The molecule has 0 saturated carbocycles. The van der Waals surface area contributed by atoms with Gasteiger partial charge in [0, 0.05) is 9.75 Å². The summed E-state index contributed by atoms with van der Waals surface area (Å²) >= 11 is 7.72. The third-order valence-corrected chi connectivity index (χ3v) is 5.20. The SMILES string of the molecule is CCNC(c1ccc(F)c(Cl)c1)c1ccc(C(C)(C)C)s1. The highest BCUT2D eigenvalue weighted by molar-refractivity contribution is 7.12. The van der Waals surface area contributed by atoms with E-state index in [-0.39, 0.29) is 22.3 Å². The zero-order chi connectivity index (χ0) is 15.6. The van der Waals surface area contributed by atoms with Crippen LogP contribution in [0.5, 0.6) is 0 Å². The first kappa shape index (κ1) is 16.5. The van der Waals surface area contributed by atoms with Crippen molar-refractivity contribution in [1.82, 2.24) is 5.32 Å². The van der Waals surface area contributed by atoms with E-state index in [0.29, 0.717) is 0 Å². The van der Waals surface area contributed by atoms with Gasteiger partial charge in [-0.25, -0.2) is 4.39 Å². The van der Waals surface area contributed by atoms with Crippen LogP contribution < -0.4 is 5.32 Å². The van der Waals surface area contributed by atoms with Crippen LogP contribution in [0.15, 0.2) is 30.3 Å². The number of hydrogen-bond acceptors (Lipinski definition) is 2. The van der Waals surface area contributed by atoms with E-state index >= 15 is 0 Å². The minimum atomic E-state index is -0.378. The molecule has 4 heteroatoms. The number of rotatable bonds is 4. The van der Waals surface area contributed by atoms with Crippen LogP contribution in [0.1, 0.15) is 49.1 Å². The summed E-state index contributed by atoms with van der Waals surface area (Å²) in [4.78, 5) is 2.57. The Morgan fingerprint density at radius 3 is 2.48 bits per heavy atom. The Morgan fingerprint density at radius 1 is 1.24 bits per heavy atom. The van der Waals surface area contributed by atoms with Crippen molar-refractivity contribution < 1.29 is 4.39 Å². The maximum atomic E-state index is 13.4. The first-order valence-electron chi connectivity index (χ1n) is 7.11. The monoisotopic (exact) mass is 325 g/mol. The van der Waals surface area contributed by atoms with Crippen molar-refractivity contribution in [2.75, 3.05) is 6.54 Å². The molecule has 1 aromatic carbocycles. The average molecular weight is 326 g/mol. The maximum absolute atomic E-state index is 13.4. The van der Waals surface area contributed by atoms with Crippen LogP contribution in [0.2, 0.25) is 5.02 Å². The molecule has 2 rings (SSSR count). The van der Waals surface area contributed by atoms with E-state index in [9.17, 15) is 4.39 Å². The molecule has 1 nitrogen and oxygen atoms in total. The number of halogens is 2. The molecule has 114 valence electrons. The van der Waals surface area contributed by atoms with Crippen molar-refractivity contribution in [1.29, 1.82) is 0 Å². The topological polar surface area (TPSA) is 12.0 Å². The Labute approximate surface area is 135 Å². The summed E-state index contributed by atoms with van der Waals surface area (Å²) in [5, 5.41) is 3.63. The third kappa shape index (κ3) is 3.85. The summed E-state index contributed by atoms with van der Waals surface area (Å²) in [5.41, 5.74) is 1.13. The Bertz CT molecular complexity index is 615. The van der Waals surface area contributed by atoms with Gasteiger partial charge in [-0.05, 0) is 41.8 Å². The van der Waals surface area contributed by atoms with Crippen LogP contribution in [-0.2, 0) is 5.41 Å². The van der Waals surface area contributed by atoms with Gasteiger partial charge in [-0.2, -0.15) is 0 Å². The van der Waals surface area contributed by atoms with Crippen LogP contribution in [-0.4, -0.2) is 6.54 Å². The van der Waals surface area contributed by atoms with Gasteiger partial charge >= 0.3 is 0 Å². The summed E-state index contributed by atoms with van der Waals surface area (Å²) in [6, 6.07) is 9.31. The van der Waals surface area contributed by atoms with Gasteiger partial charge in [0.1, 0.15) is 5.82 Å². The molecule has 0 amide bonds. The lowest BCUT2D eigenvalue weighted by Gasteiger charge is -2.19. The standard InChI is InChI=1S/C17H21ClFNS/c1-5-20-16(11-6-7-13(19)12(18)10-11)14-8-9-15(21-14)17(2,3)4/h6-10,16,20H,5H2,1-4H3. The van der Waals surface area contributed by atoms with Crippen LogP contribution in [0.4, 0.5) is 4.39 Å². The molecule has 0 aliphatic carbocycles. The molecule has 0 bridgehead atoms. The Kier molecular flexibility index (Phi) is 5.07. The van der Waals surface area contributed by atoms with Gasteiger partial charge < -0.3 is 5.32 Å². The highest BCUT2D eigenvalue weighted by Crippen LogP contribution is 2.35. The molecule has 1 heterocycles. The second-order valence-electron chi connectivity index (χ2n) is 6.12. The van der Waals surface area contributed by atoms with Crippen LogP contribution in [0.3, 0.4) is 0 Å². The highest BCUT2D eigenvalue weighted by atomic mass is 35.5. The molecule has 1 atom stereocenters. The van der Waals surface area contributed by atoms with Crippen molar-refractivity contribution in [3.63, 3.8) is 0 Å². The number of benzene rings is 1. The van der Waals surface area contributed by atoms with E-state index < -0.39 is 0 Å². The largest absolute Gasteiger partial charge is 0.306 e. The summed E-state index contributed by atoms with van der Waals surface area (Å²) in [6.07, 6.45) is 0. The minimum Gasteiger partial charge on any atom is -0.306 e. The highest BCUT2D eigenvalue weighted by Gasteiger charge is 2.21. The number of nitrogens with one attached hydrogen (secondary N) is 1. The molecule has 0 aliphatic rings. The molecule has 21 heavy (non-hydrogen) atoms. The predicted molar refractivity (Wildman–Crippen MR) is 89.9 cm³/mol. The summed E-state index contributed by atoms with van der Waals surface area (Å²) < 4.78 is 13.4. The fourth-order valence-corrected chi connectivity index (χ4v) is 3.55. The molecule has 1 unspecified atom stereocenters. The molecule has 0 saturated heterocycles. The van der Waals surface area contributed by atoms with E-state index in [4.69, 9.17) is 11.6 Å². The van der Waals surface area contributed by atoms with Crippen LogP contribution in [0, 0.1) is 5.82 Å². The quantitative estimate of drug-likeness (QED) is 0.778. The van der Waals surface area contributed by atoms with Crippen molar-refractivity contribution in [2.24, 2.45) is 0 Å². The van der Waals surface area contributed by atoms with Crippen molar-refractivity contribution in [2.45, 2.75) is 39.2 Å². The van der Waals surface area contributed by atoms with Gasteiger partial charge in [0.15, 0.2) is 0 Å². The van der Waals surface area contributed by atoms with Gasteiger partial charge in [-0.3, -0.25) is 0 Å². The van der Waals surface area contributed by atoms with Crippen molar-refractivity contribution >= 4 is 22.9 Å². The zero-order valence-electron chi connectivity index (χ0n) is 12.8. The molecule has 0 aliphatic heterocycles. The smallest absolute Gasteiger partial charge is 0.141 e. The minimum absolute atomic E-state index is 0.0502. The molecule has 0 fully saturated rings. The second kappa shape index (κ2) is 6.47. The zero-order valence-corrected chi connectivity index (χ0v) is 14.4. The molecule has 1 aromatic heterocycles. The van der Waals surface area contributed by atoms with E-state index in [1.54, 1.807) is 23.5 Å². The van der Waals surface area contributed by atoms with E-state index in [1.165, 1.54) is 15.8 Å². The normalized spacial score (nSPS) is 13.4. The van der Waals surface area contributed by atoms with Gasteiger partial charge in [0.2, 0.25) is 0 Å². The van der Waals surface area contributed by atoms with Gasteiger partial charge in [-0.15, -0.1) is 11.3 Å². The molecule has 2 aromatic rings. The molecule has 0 radical (unpaired) electrons. The van der Waals surface area contributed by atoms with Gasteiger partial charge in [0.25, 0.3) is 0 Å². The Balaban J connectivity index is 2.38. The van der Waals surface area contributed by atoms with Gasteiger partial charge in [0.05, 0.1) is 11.1 Å². The summed E-state index contributed by atoms with van der Waals surface area (Å²) in [7, 11) is 0. The first-order chi connectivity index (χ1) is 9.82. The fraction of sp³-hybridized carbons (Fsp3) is 0.412. The Hall–Kier alpha value is -0.900. The van der Waals surface area contributed by atoms with Crippen LogP contribution >= 0.6 is 22.9 Å². The molecule has 0 spiro atoms. The van der Waals surface area contributed by atoms with Crippen molar-refractivity contribution in [3.8, 4) is 0 Å². The third-order valence-electron chi connectivity index (χ3n) is 3.34. The van der Waals surface area contributed by atoms with E-state index in [1.807, 2.05) is 0 Å². The summed E-state index contributed by atoms with van der Waals surface area (Å²) in [5.74, 6) is -0.378. The second-order valence-corrected chi connectivity index (χ2v) is 7.64. The summed E-state index contributed by atoms with van der Waals surface area (Å²) in [6.45, 7) is 9.53. The maximum Gasteiger partial charge on any atom is 0.141 e. The van der Waals surface area contributed by atoms with Crippen LogP contribution in [0.25, 0.3) is 0 Å². The Morgan fingerprint density at radius 2 is 1.95 bits per heavy atom. The number of hydrogen-bond donors (Lipinski definition) is 1. The van der Waals surface area contributed by atoms with Crippen molar-refractivity contribution in [3.05, 3.63) is 56.5 Å². The number of thiophene rings is 1.